The highest BCUT2D eigenvalue weighted by Gasteiger charge is 2.15. The number of nitriles is 1. The van der Waals surface area contributed by atoms with Crippen molar-refractivity contribution in [3.8, 4) is 17.6 Å². The van der Waals surface area contributed by atoms with Crippen molar-refractivity contribution < 1.29 is 23.8 Å². The molecule has 0 unspecified atom stereocenters. The fourth-order valence-electron chi connectivity index (χ4n) is 2.30. The molecule has 8 heteroatoms. The van der Waals surface area contributed by atoms with Crippen molar-refractivity contribution in [2.75, 3.05) is 26.1 Å². The highest BCUT2D eigenvalue weighted by molar-refractivity contribution is 6.32. The number of halogens is 1. The second kappa shape index (κ2) is 10.2. The number of aryl methyl sites for hydroxylation is 1. The first-order valence-corrected chi connectivity index (χ1v) is 8.82. The first kappa shape index (κ1) is 21.8. The number of carbonyl (C=O) groups is 2. The third kappa shape index (κ3) is 5.99. The van der Waals surface area contributed by atoms with Gasteiger partial charge in [0.05, 0.1) is 19.2 Å². The number of methoxy groups -OCH3 is 2. The van der Waals surface area contributed by atoms with Crippen LogP contribution in [0.5, 0.6) is 11.5 Å². The van der Waals surface area contributed by atoms with E-state index in [1.54, 1.807) is 12.1 Å². The molecule has 0 aliphatic carbocycles. The topological polar surface area (TPSA) is 97.7 Å². The summed E-state index contributed by atoms with van der Waals surface area (Å²) in [4.78, 5) is 23.7. The van der Waals surface area contributed by atoms with Gasteiger partial charge in [-0.3, -0.25) is 4.79 Å². The Morgan fingerprint density at radius 1 is 1.21 bits per heavy atom. The molecule has 0 spiro atoms. The molecule has 0 bridgehead atoms. The van der Waals surface area contributed by atoms with Crippen molar-refractivity contribution in [3.63, 3.8) is 0 Å². The molecular formula is C21H19ClN2O5. The van der Waals surface area contributed by atoms with Crippen LogP contribution in [-0.4, -0.2) is 32.7 Å². The number of nitrogens with one attached hydrogen (secondary N) is 1. The molecule has 0 heterocycles. The maximum atomic E-state index is 12.4. The predicted molar refractivity (Wildman–Crippen MR) is 109 cm³/mol. The fourth-order valence-corrected chi connectivity index (χ4v) is 2.58. The third-order valence-corrected chi connectivity index (χ3v) is 4.08. The van der Waals surface area contributed by atoms with Gasteiger partial charge < -0.3 is 19.5 Å². The number of benzene rings is 2. The average Bonchev–Trinajstić information content (AvgIpc) is 2.72. The van der Waals surface area contributed by atoms with Crippen LogP contribution in [0.1, 0.15) is 11.1 Å². The molecule has 1 amide bonds. The Morgan fingerprint density at radius 3 is 2.48 bits per heavy atom. The number of esters is 1. The molecule has 2 rings (SSSR count). The summed E-state index contributed by atoms with van der Waals surface area (Å²) in [6.07, 6.45) is 1.38. The second-order valence-electron chi connectivity index (χ2n) is 5.89. The van der Waals surface area contributed by atoms with Crippen LogP contribution in [0.3, 0.4) is 0 Å². The molecule has 0 aliphatic rings. The Labute approximate surface area is 173 Å². The molecule has 150 valence electrons. The highest BCUT2D eigenvalue weighted by atomic mass is 35.5. The Hall–Kier alpha value is -3.50. The lowest BCUT2D eigenvalue weighted by atomic mass is 10.1. The average molecular weight is 415 g/mol. The number of rotatable bonds is 7. The van der Waals surface area contributed by atoms with E-state index < -0.39 is 11.9 Å². The number of anilines is 1. The van der Waals surface area contributed by atoms with Crippen LogP contribution in [-0.2, 0) is 14.3 Å². The lowest BCUT2D eigenvalue weighted by Crippen LogP contribution is -2.14. The summed E-state index contributed by atoms with van der Waals surface area (Å²) < 4.78 is 15.1. The lowest BCUT2D eigenvalue weighted by molar-refractivity contribution is -0.142. The van der Waals surface area contributed by atoms with Gasteiger partial charge in [0.15, 0.2) is 18.1 Å². The van der Waals surface area contributed by atoms with Crippen LogP contribution in [0, 0.1) is 18.3 Å². The van der Waals surface area contributed by atoms with Gasteiger partial charge in [-0.05, 0) is 42.8 Å². The number of hydrogen-bond donors (Lipinski definition) is 1. The number of carbonyl (C=O) groups excluding carboxylic acids is 2. The van der Waals surface area contributed by atoms with Crippen LogP contribution < -0.4 is 14.8 Å². The zero-order valence-electron chi connectivity index (χ0n) is 16.1. The van der Waals surface area contributed by atoms with E-state index in [0.717, 1.165) is 5.56 Å². The van der Waals surface area contributed by atoms with Gasteiger partial charge in [-0.2, -0.15) is 5.26 Å². The number of amides is 1. The predicted octanol–water partition coefficient (Wildman–Crippen LogP) is 3.75. The lowest BCUT2D eigenvalue weighted by Gasteiger charge is -2.12. The van der Waals surface area contributed by atoms with Gasteiger partial charge >= 0.3 is 5.97 Å². The molecule has 0 saturated heterocycles. The molecule has 0 saturated carbocycles. The van der Waals surface area contributed by atoms with Gasteiger partial charge in [0, 0.05) is 5.69 Å². The first-order valence-electron chi connectivity index (χ1n) is 8.45. The molecule has 0 aromatic heterocycles. The van der Waals surface area contributed by atoms with Gasteiger partial charge in [-0.25, -0.2) is 4.79 Å². The van der Waals surface area contributed by atoms with Crippen molar-refractivity contribution >= 4 is 35.2 Å². The van der Waals surface area contributed by atoms with Crippen LogP contribution in [0.4, 0.5) is 5.69 Å². The van der Waals surface area contributed by atoms with E-state index in [2.05, 4.69) is 10.1 Å². The highest BCUT2D eigenvalue weighted by Crippen LogP contribution is 2.37. The second-order valence-corrected chi connectivity index (χ2v) is 6.30. The smallest absolute Gasteiger partial charge is 0.343 e. The Morgan fingerprint density at radius 2 is 1.90 bits per heavy atom. The largest absolute Gasteiger partial charge is 0.493 e. The third-order valence-electron chi connectivity index (χ3n) is 3.80. The van der Waals surface area contributed by atoms with Gasteiger partial charge in [0.2, 0.25) is 0 Å². The van der Waals surface area contributed by atoms with Crippen LogP contribution in [0.15, 0.2) is 42.0 Å². The molecule has 2 aromatic rings. The van der Waals surface area contributed by atoms with E-state index in [1.807, 2.05) is 25.1 Å². The van der Waals surface area contributed by atoms with Crippen molar-refractivity contribution in [2.45, 2.75) is 6.92 Å². The van der Waals surface area contributed by atoms with Crippen molar-refractivity contribution in [1.82, 2.24) is 0 Å². The zero-order chi connectivity index (χ0) is 21.4. The molecule has 2 aromatic carbocycles. The van der Waals surface area contributed by atoms with Gasteiger partial charge in [0.25, 0.3) is 5.91 Å². The van der Waals surface area contributed by atoms with E-state index in [9.17, 15) is 14.9 Å². The Bertz CT molecular complexity index is 978. The molecule has 1 N–H and O–H groups in total. The van der Waals surface area contributed by atoms with Gasteiger partial charge in [-0.15, -0.1) is 0 Å². The van der Waals surface area contributed by atoms with Gasteiger partial charge in [0.1, 0.15) is 11.6 Å². The van der Waals surface area contributed by atoms with Crippen molar-refractivity contribution in [2.24, 2.45) is 0 Å². The minimum Gasteiger partial charge on any atom is -0.493 e. The van der Waals surface area contributed by atoms with E-state index in [1.165, 1.54) is 32.4 Å². The zero-order valence-corrected chi connectivity index (χ0v) is 16.9. The molecule has 7 nitrogen and oxygen atoms in total. The Kier molecular flexibility index (Phi) is 7.63. The van der Waals surface area contributed by atoms with Crippen LogP contribution in [0.2, 0.25) is 5.02 Å². The SMILES string of the molecule is COC(=O)COc1c(Cl)cc(C=C(C#N)C(=O)Nc2ccc(C)cc2)cc1OC. The van der Waals surface area contributed by atoms with Gasteiger partial charge in [-0.1, -0.05) is 29.3 Å². The maximum Gasteiger partial charge on any atom is 0.343 e. The van der Waals surface area contributed by atoms with E-state index >= 15 is 0 Å². The van der Waals surface area contributed by atoms with Crippen LogP contribution in [0.25, 0.3) is 6.08 Å². The quantitative estimate of drug-likeness (QED) is 0.421. The summed E-state index contributed by atoms with van der Waals surface area (Å²) in [5, 5.41) is 12.2. The van der Waals surface area contributed by atoms with Crippen molar-refractivity contribution in [3.05, 3.63) is 58.1 Å². The molecule has 0 atom stereocenters. The summed E-state index contributed by atoms with van der Waals surface area (Å²) in [6, 6.07) is 12.1. The van der Waals surface area contributed by atoms with Crippen molar-refractivity contribution in [1.29, 1.82) is 5.26 Å². The molecule has 0 aliphatic heterocycles. The molecular weight excluding hydrogens is 396 g/mol. The summed E-state index contributed by atoms with van der Waals surface area (Å²) in [6.45, 7) is 1.59. The van der Waals surface area contributed by atoms with E-state index in [0.29, 0.717) is 11.3 Å². The number of ether oxygens (including phenoxy) is 3. The number of hydrogen-bond acceptors (Lipinski definition) is 6. The number of nitrogens with zero attached hydrogens (tertiary/aromatic N) is 1. The standard InChI is InChI=1S/C21H19ClN2O5/c1-13-4-6-16(7-5-13)24-21(26)15(11-23)8-14-9-17(22)20(18(10-14)27-2)29-12-19(25)28-3/h4-10H,12H2,1-3H3,(H,24,26). The molecule has 0 fully saturated rings. The molecule has 29 heavy (non-hydrogen) atoms. The van der Waals surface area contributed by atoms with Crippen LogP contribution >= 0.6 is 11.6 Å². The summed E-state index contributed by atoms with van der Waals surface area (Å²) in [5.41, 5.74) is 1.96. The summed E-state index contributed by atoms with van der Waals surface area (Å²) in [7, 11) is 2.64. The first-order chi connectivity index (χ1) is 13.9. The molecule has 0 radical (unpaired) electrons. The summed E-state index contributed by atoms with van der Waals surface area (Å²) in [5.74, 6) is -0.743. The minimum absolute atomic E-state index is 0.119. The fraction of sp³-hybridized carbons (Fsp3) is 0.190. The van der Waals surface area contributed by atoms with E-state index in [4.69, 9.17) is 21.1 Å². The minimum atomic E-state index is -0.577. The maximum absolute atomic E-state index is 12.4. The van der Waals surface area contributed by atoms with E-state index in [-0.39, 0.29) is 28.7 Å². The monoisotopic (exact) mass is 414 g/mol. The normalized spacial score (nSPS) is 10.7. The summed E-state index contributed by atoms with van der Waals surface area (Å²) >= 11 is 6.22. The Balaban J connectivity index is 2.26.